The normalized spacial score (nSPS) is 38.6. The van der Waals surface area contributed by atoms with Crippen LogP contribution < -0.4 is 5.73 Å². The number of hydrogen-bond donors (Lipinski definition) is 1. The van der Waals surface area contributed by atoms with Crippen LogP contribution in [0.4, 0.5) is 0 Å². The third-order valence-electron chi connectivity index (χ3n) is 3.32. The maximum absolute atomic E-state index is 11.3. The molecule has 14 heavy (non-hydrogen) atoms. The van der Waals surface area contributed by atoms with Crippen molar-refractivity contribution in [3.8, 4) is 0 Å². The largest absolute Gasteiger partial charge is 0.381 e. The molecular weight excluding hydrogens is 202 g/mol. The Kier molecular flexibility index (Phi) is 2.81. The van der Waals surface area contributed by atoms with Gasteiger partial charge in [-0.25, -0.2) is 8.42 Å². The Morgan fingerprint density at radius 2 is 2.07 bits per heavy atom. The van der Waals surface area contributed by atoms with Gasteiger partial charge in [-0.2, -0.15) is 0 Å². The lowest BCUT2D eigenvalue weighted by molar-refractivity contribution is 0.175. The minimum Gasteiger partial charge on any atom is -0.381 e. The molecule has 0 aromatic rings. The lowest BCUT2D eigenvalue weighted by atomic mass is 9.88. The molecule has 5 heteroatoms. The zero-order valence-electron chi connectivity index (χ0n) is 8.19. The lowest BCUT2D eigenvalue weighted by Crippen LogP contribution is -2.38. The van der Waals surface area contributed by atoms with Gasteiger partial charge in [0.05, 0.1) is 18.1 Å². The zero-order chi connectivity index (χ0) is 10.2. The second-order valence-corrected chi connectivity index (χ2v) is 6.59. The van der Waals surface area contributed by atoms with E-state index >= 15 is 0 Å². The summed E-state index contributed by atoms with van der Waals surface area (Å²) in [5.41, 5.74) is 6.06. The number of hydrogen-bond acceptors (Lipinski definition) is 4. The summed E-state index contributed by atoms with van der Waals surface area (Å²) in [5.74, 6) is 1.13. The molecule has 2 aliphatic rings. The fourth-order valence-electron chi connectivity index (χ4n) is 2.37. The van der Waals surface area contributed by atoms with Gasteiger partial charge in [-0.05, 0) is 24.7 Å². The van der Waals surface area contributed by atoms with Crippen LogP contribution in [0.25, 0.3) is 0 Å². The number of sulfone groups is 1. The highest BCUT2D eigenvalue weighted by Crippen LogP contribution is 2.28. The third kappa shape index (κ3) is 2.10. The second-order valence-electron chi connectivity index (χ2n) is 4.36. The highest BCUT2D eigenvalue weighted by Gasteiger charge is 2.36. The molecule has 3 unspecified atom stereocenters. The minimum atomic E-state index is -2.79. The van der Waals surface area contributed by atoms with Crippen LogP contribution in [0.1, 0.15) is 12.8 Å². The molecule has 82 valence electrons. The van der Waals surface area contributed by atoms with E-state index in [4.69, 9.17) is 10.5 Å². The molecule has 2 saturated heterocycles. The van der Waals surface area contributed by atoms with Crippen LogP contribution in [0.2, 0.25) is 0 Å². The van der Waals surface area contributed by atoms with Crippen LogP contribution in [0, 0.1) is 11.8 Å². The van der Waals surface area contributed by atoms with Crippen molar-refractivity contribution in [2.45, 2.75) is 18.9 Å². The Bertz CT molecular complexity index is 295. The van der Waals surface area contributed by atoms with Gasteiger partial charge in [0.25, 0.3) is 0 Å². The van der Waals surface area contributed by atoms with E-state index in [0.717, 1.165) is 19.4 Å². The van der Waals surface area contributed by atoms with Gasteiger partial charge in [0.15, 0.2) is 9.84 Å². The smallest absolute Gasteiger partial charge is 0.150 e. The van der Waals surface area contributed by atoms with E-state index in [1.54, 1.807) is 0 Å². The van der Waals surface area contributed by atoms with Gasteiger partial charge in [0, 0.05) is 12.6 Å². The van der Waals surface area contributed by atoms with Crippen LogP contribution in [0.5, 0.6) is 0 Å². The van der Waals surface area contributed by atoms with E-state index in [-0.39, 0.29) is 17.7 Å². The average Bonchev–Trinajstić information content (AvgIpc) is 2.72. The van der Waals surface area contributed by atoms with Crippen molar-refractivity contribution in [2.24, 2.45) is 17.6 Å². The lowest BCUT2D eigenvalue weighted by Gasteiger charge is -2.22. The second kappa shape index (κ2) is 3.79. The van der Waals surface area contributed by atoms with Gasteiger partial charge >= 0.3 is 0 Å². The molecule has 0 aromatic carbocycles. The van der Waals surface area contributed by atoms with Crippen molar-refractivity contribution in [3.63, 3.8) is 0 Å². The van der Waals surface area contributed by atoms with Gasteiger partial charge in [-0.15, -0.1) is 0 Å². The molecule has 0 aromatic heterocycles. The summed E-state index contributed by atoms with van der Waals surface area (Å²) in [6, 6.07) is 0.00905. The van der Waals surface area contributed by atoms with Crippen molar-refractivity contribution in [2.75, 3.05) is 24.7 Å². The highest BCUT2D eigenvalue weighted by atomic mass is 32.2. The van der Waals surface area contributed by atoms with Crippen LogP contribution >= 0.6 is 0 Å². The molecule has 2 heterocycles. The van der Waals surface area contributed by atoms with E-state index in [1.165, 1.54) is 0 Å². The quantitative estimate of drug-likeness (QED) is 0.697. The summed E-state index contributed by atoms with van der Waals surface area (Å²) in [6.45, 7) is 1.48. The molecule has 0 radical (unpaired) electrons. The Labute approximate surface area is 84.7 Å². The molecule has 0 spiro atoms. The van der Waals surface area contributed by atoms with E-state index in [2.05, 4.69) is 0 Å². The molecule has 2 aliphatic heterocycles. The first-order valence-electron chi connectivity index (χ1n) is 5.12. The van der Waals surface area contributed by atoms with E-state index in [1.807, 2.05) is 0 Å². The molecule has 2 rings (SSSR count). The molecule has 0 aliphatic carbocycles. The fourth-order valence-corrected chi connectivity index (χ4v) is 4.24. The van der Waals surface area contributed by atoms with Crippen LogP contribution in [-0.4, -0.2) is 39.2 Å². The Morgan fingerprint density at radius 1 is 1.29 bits per heavy atom. The number of rotatable bonds is 2. The summed E-state index contributed by atoms with van der Waals surface area (Å²) >= 11 is 0. The topological polar surface area (TPSA) is 69.4 Å². The molecule has 2 fully saturated rings. The van der Waals surface area contributed by atoms with Crippen molar-refractivity contribution in [1.29, 1.82) is 0 Å². The molecule has 0 amide bonds. The molecule has 4 nitrogen and oxygen atoms in total. The number of nitrogens with two attached hydrogens (primary N) is 1. The maximum Gasteiger partial charge on any atom is 0.150 e. The van der Waals surface area contributed by atoms with E-state index in [9.17, 15) is 8.42 Å². The van der Waals surface area contributed by atoms with Crippen LogP contribution in [0.3, 0.4) is 0 Å². The van der Waals surface area contributed by atoms with Crippen molar-refractivity contribution >= 4 is 9.84 Å². The summed E-state index contributed by atoms with van der Waals surface area (Å²) in [5, 5.41) is 0. The highest BCUT2D eigenvalue weighted by molar-refractivity contribution is 7.91. The SMILES string of the molecule is NC(C1CCOC1)C1CCS(=O)(=O)C1. The van der Waals surface area contributed by atoms with Gasteiger partial charge < -0.3 is 10.5 Å². The van der Waals surface area contributed by atoms with Gasteiger partial charge in [-0.3, -0.25) is 0 Å². The van der Waals surface area contributed by atoms with Crippen LogP contribution in [-0.2, 0) is 14.6 Å². The van der Waals surface area contributed by atoms with Gasteiger partial charge in [-0.1, -0.05) is 0 Å². The molecular formula is C9H17NO3S. The Morgan fingerprint density at radius 3 is 2.57 bits per heavy atom. The van der Waals surface area contributed by atoms with Gasteiger partial charge in [0.2, 0.25) is 0 Å². The van der Waals surface area contributed by atoms with Crippen molar-refractivity contribution in [3.05, 3.63) is 0 Å². The summed E-state index contributed by atoms with van der Waals surface area (Å²) < 4.78 is 27.8. The van der Waals surface area contributed by atoms with Gasteiger partial charge in [0.1, 0.15) is 0 Å². The van der Waals surface area contributed by atoms with Crippen molar-refractivity contribution < 1.29 is 13.2 Å². The fraction of sp³-hybridized carbons (Fsp3) is 1.00. The average molecular weight is 219 g/mol. The predicted octanol–water partition coefficient (Wildman–Crippen LogP) is -0.215. The van der Waals surface area contributed by atoms with E-state index < -0.39 is 9.84 Å². The predicted molar refractivity (Wildman–Crippen MR) is 53.7 cm³/mol. The Hall–Kier alpha value is -0.130. The monoisotopic (exact) mass is 219 g/mol. The molecule has 2 N–H and O–H groups in total. The first kappa shape index (κ1) is 10.4. The molecule has 3 atom stereocenters. The third-order valence-corrected chi connectivity index (χ3v) is 5.11. The van der Waals surface area contributed by atoms with E-state index in [0.29, 0.717) is 18.3 Å². The summed E-state index contributed by atoms with van der Waals surface area (Å²) in [6.07, 6.45) is 1.72. The number of ether oxygens (including phenoxy) is 1. The molecule has 0 saturated carbocycles. The van der Waals surface area contributed by atoms with Crippen LogP contribution in [0.15, 0.2) is 0 Å². The maximum atomic E-state index is 11.3. The Balaban J connectivity index is 1.95. The standard InChI is InChI=1S/C9H17NO3S/c10-9(7-1-3-13-5-7)8-2-4-14(11,12)6-8/h7-9H,1-6,10H2. The first-order valence-corrected chi connectivity index (χ1v) is 6.94. The van der Waals surface area contributed by atoms with Crippen molar-refractivity contribution in [1.82, 2.24) is 0 Å². The first-order chi connectivity index (χ1) is 6.58. The zero-order valence-corrected chi connectivity index (χ0v) is 9.00. The minimum absolute atomic E-state index is 0.00905. The summed E-state index contributed by atoms with van der Waals surface area (Å²) in [7, 11) is -2.79. The molecule has 0 bridgehead atoms. The summed E-state index contributed by atoms with van der Waals surface area (Å²) in [4.78, 5) is 0.